The third-order valence-electron chi connectivity index (χ3n) is 3.24. The lowest BCUT2D eigenvalue weighted by Gasteiger charge is -2.30. The molecule has 0 aliphatic carbocycles. The molecule has 0 aromatic carbocycles. The second-order valence-corrected chi connectivity index (χ2v) is 4.77. The van der Waals surface area contributed by atoms with Gasteiger partial charge in [0.15, 0.2) is 0 Å². The van der Waals surface area contributed by atoms with Gasteiger partial charge in [-0.15, -0.1) is 0 Å². The predicted molar refractivity (Wildman–Crippen MR) is 75.7 cm³/mol. The summed E-state index contributed by atoms with van der Waals surface area (Å²) in [6, 6.07) is 6.39. The molecular weight excluding hydrogens is 222 g/mol. The molecule has 0 saturated carbocycles. The molecule has 0 aliphatic heterocycles. The van der Waals surface area contributed by atoms with Crippen LogP contribution < -0.4 is 4.90 Å². The Balaban J connectivity index is 3.04. The van der Waals surface area contributed by atoms with E-state index < -0.39 is 0 Å². The quantitative estimate of drug-likeness (QED) is 0.767. The zero-order valence-electron chi connectivity index (χ0n) is 11.9. The third kappa shape index (κ3) is 3.73. The van der Waals surface area contributed by atoms with Gasteiger partial charge in [-0.25, -0.2) is 4.98 Å². The highest BCUT2D eigenvalue weighted by Gasteiger charge is 2.14. The van der Waals surface area contributed by atoms with Crippen molar-refractivity contribution >= 4 is 5.82 Å². The van der Waals surface area contributed by atoms with Gasteiger partial charge >= 0.3 is 0 Å². The van der Waals surface area contributed by atoms with Crippen molar-refractivity contribution < 1.29 is 0 Å². The van der Waals surface area contributed by atoms with Gasteiger partial charge in [-0.1, -0.05) is 20.3 Å². The number of anilines is 1. The molecule has 0 bridgehead atoms. The van der Waals surface area contributed by atoms with Crippen LogP contribution in [0.15, 0.2) is 12.1 Å². The fourth-order valence-electron chi connectivity index (χ4n) is 1.97. The van der Waals surface area contributed by atoms with Crippen LogP contribution in [0.1, 0.15) is 51.3 Å². The summed E-state index contributed by atoms with van der Waals surface area (Å²) >= 11 is 0. The monoisotopic (exact) mass is 245 g/mol. The lowest BCUT2D eigenvalue weighted by atomic mass is 10.1. The molecule has 1 aromatic heterocycles. The summed E-state index contributed by atoms with van der Waals surface area (Å²) < 4.78 is 0. The normalized spacial score (nSPS) is 11.9. The molecule has 0 amide bonds. The Morgan fingerprint density at radius 2 is 2.11 bits per heavy atom. The smallest absolute Gasteiger partial charge is 0.130 e. The van der Waals surface area contributed by atoms with Crippen molar-refractivity contribution in [2.24, 2.45) is 0 Å². The molecule has 1 aromatic rings. The summed E-state index contributed by atoms with van der Waals surface area (Å²) in [7, 11) is 0. The maximum Gasteiger partial charge on any atom is 0.130 e. The van der Waals surface area contributed by atoms with E-state index in [0.717, 1.165) is 30.9 Å². The van der Waals surface area contributed by atoms with Crippen molar-refractivity contribution in [3.63, 3.8) is 0 Å². The Labute approximate surface area is 110 Å². The van der Waals surface area contributed by atoms with Crippen LogP contribution >= 0.6 is 0 Å². The van der Waals surface area contributed by atoms with Crippen LogP contribution in [0.4, 0.5) is 5.82 Å². The fraction of sp³-hybridized carbons (Fsp3) is 0.600. The van der Waals surface area contributed by atoms with Crippen molar-refractivity contribution in [3.8, 4) is 6.07 Å². The third-order valence-corrected chi connectivity index (χ3v) is 3.24. The van der Waals surface area contributed by atoms with E-state index in [0.29, 0.717) is 11.6 Å². The standard InChI is InChI=1S/C15H23N3/c1-5-7-8-18(13(4)6-2)15-10-14(11-16)9-12(3)17-15/h9-10,13H,5-8H2,1-4H3. The number of nitriles is 1. The largest absolute Gasteiger partial charge is 0.354 e. The van der Waals surface area contributed by atoms with E-state index >= 15 is 0 Å². The number of aryl methyl sites for hydroxylation is 1. The Morgan fingerprint density at radius 1 is 1.39 bits per heavy atom. The minimum atomic E-state index is 0.456. The van der Waals surface area contributed by atoms with Gasteiger partial charge in [0.25, 0.3) is 0 Å². The average Bonchev–Trinajstić information content (AvgIpc) is 2.38. The van der Waals surface area contributed by atoms with Gasteiger partial charge in [0.1, 0.15) is 5.82 Å². The summed E-state index contributed by atoms with van der Waals surface area (Å²) in [6.07, 6.45) is 3.41. The number of hydrogen-bond acceptors (Lipinski definition) is 3. The molecule has 0 saturated heterocycles. The predicted octanol–water partition coefficient (Wildman–Crippen LogP) is 3.67. The average molecular weight is 245 g/mol. The summed E-state index contributed by atoms with van der Waals surface area (Å²) in [6.45, 7) is 9.54. The maximum absolute atomic E-state index is 9.04. The summed E-state index contributed by atoms with van der Waals surface area (Å²) in [5, 5.41) is 9.04. The highest BCUT2D eigenvalue weighted by molar-refractivity contribution is 5.47. The van der Waals surface area contributed by atoms with Gasteiger partial charge in [0.2, 0.25) is 0 Å². The van der Waals surface area contributed by atoms with Gasteiger partial charge in [0.05, 0.1) is 11.6 Å². The van der Waals surface area contributed by atoms with E-state index in [1.54, 1.807) is 0 Å². The molecule has 1 rings (SSSR count). The molecule has 1 heterocycles. The van der Waals surface area contributed by atoms with Gasteiger partial charge in [-0.3, -0.25) is 0 Å². The Bertz CT molecular complexity index is 420. The minimum Gasteiger partial charge on any atom is -0.354 e. The number of unbranched alkanes of at least 4 members (excludes halogenated alkanes) is 1. The lowest BCUT2D eigenvalue weighted by Crippen LogP contribution is -2.34. The number of aromatic nitrogens is 1. The first-order chi connectivity index (χ1) is 8.62. The van der Waals surface area contributed by atoms with Crippen molar-refractivity contribution in [2.45, 2.75) is 53.0 Å². The van der Waals surface area contributed by atoms with Crippen LogP contribution in [0.5, 0.6) is 0 Å². The van der Waals surface area contributed by atoms with Crippen LogP contribution in [-0.4, -0.2) is 17.6 Å². The van der Waals surface area contributed by atoms with E-state index in [4.69, 9.17) is 5.26 Å². The number of pyridine rings is 1. The second-order valence-electron chi connectivity index (χ2n) is 4.77. The van der Waals surface area contributed by atoms with Crippen molar-refractivity contribution in [1.29, 1.82) is 5.26 Å². The summed E-state index contributed by atoms with van der Waals surface area (Å²) in [5.41, 5.74) is 1.61. The summed E-state index contributed by atoms with van der Waals surface area (Å²) in [4.78, 5) is 6.90. The number of rotatable bonds is 6. The zero-order chi connectivity index (χ0) is 13.5. The summed E-state index contributed by atoms with van der Waals surface area (Å²) in [5.74, 6) is 0.939. The van der Waals surface area contributed by atoms with E-state index in [9.17, 15) is 0 Å². The molecule has 1 unspecified atom stereocenters. The topological polar surface area (TPSA) is 39.9 Å². The Kier molecular flexibility index (Phi) is 5.64. The van der Waals surface area contributed by atoms with Crippen LogP contribution in [-0.2, 0) is 0 Å². The van der Waals surface area contributed by atoms with Gasteiger partial charge in [0, 0.05) is 18.3 Å². The van der Waals surface area contributed by atoms with Crippen LogP contribution in [0.2, 0.25) is 0 Å². The fourth-order valence-corrected chi connectivity index (χ4v) is 1.97. The van der Waals surface area contributed by atoms with Gasteiger partial charge in [-0.05, 0) is 38.8 Å². The molecule has 0 radical (unpaired) electrons. The van der Waals surface area contributed by atoms with Crippen molar-refractivity contribution in [2.75, 3.05) is 11.4 Å². The molecule has 0 N–H and O–H groups in total. The zero-order valence-corrected chi connectivity index (χ0v) is 11.9. The molecule has 1 atom stereocenters. The van der Waals surface area contributed by atoms with Crippen molar-refractivity contribution in [3.05, 3.63) is 23.4 Å². The number of hydrogen-bond donors (Lipinski definition) is 0. The van der Waals surface area contributed by atoms with Crippen molar-refractivity contribution in [1.82, 2.24) is 4.98 Å². The highest BCUT2D eigenvalue weighted by atomic mass is 15.2. The lowest BCUT2D eigenvalue weighted by molar-refractivity contribution is 0.589. The van der Waals surface area contributed by atoms with E-state index in [2.05, 4.69) is 36.7 Å². The SMILES string of the molecule is CCCCN(c1cc(C#N)cc(C)n1)C(C)CC. The highest BCUT2D eigenvalue weighted by Crippen LogP contribution is 2.19. The first-order valence-corrected chi connectivity index (χ1v) is 6.77. The second kappa shape index (κ2) is 7.00. The Morgan fingerprint density at radius 3 is 2.67 bits per heavy atom. The molecule has 0 fully saturated rings. The van der Waals surface area contributed by atoms with E-state index in [1.807, 2.05) is 19.1 Å². The van der Waals surface area contributed by atoms with Gasteiger partial charge < -0.3 is 4.90 Å². The van der Waals surface area contributed by atoms with Crippen LogP contribution in [0.25, 0.3) is 0 Å². The molecule has 3 nitrogen and oxygen atoms in total. The van der Waals surface area contributed by atoms with E-state index in [1.165, 1.54) is 6.42 Å². The molecule has 3 heteroatoms. The Hall–Kier alpha value is -1.56. The molecular formula is C15H23N3. The van der Waals surface area contributed by atoms with Crippen LogP contribution in [0.3, 0.4) is 0 Å². The molecule has 18 heavy (non-hydrogen) atoms. The molecule has 98 valence electrons. The minimum absolute atomic E-state index is 0.456. The maximum atomic E-state index is 9.04. The van der Waals surface area contributed by atoms with Gasteiger partial charge in [-0.2, -0.15) is 5.26 Å². The first kappa shape index (κ1) is 14.5. The van der Waals surface area contributed by atoms with Crippen LogP contribution in [0, 0.1) is 18.3 Å². The molecule has 0 aliphatic rings. The van der Waals surface area contributed by atoms with E-state index in [-0.39, 0.29) is 0 Å². The molecule has 0 spiro atoms. The number of nitrogens with zero attached hydrogens (tertiary/aromatic N) is 3. The first-order valence-electron chi connectivity index (χ1n) is 6.77.